The molecule has 0 atom stereocenters. The van der Waals surface area contributed by atoms with Crippen LogP contribution in [0.15, 0.2) is 0 Å². The van der Waals surface area contributed by atoms with Gasteiger partial charge in [0, 0.05) is 6.04 Å². The molecule has 0 amide bonds. The second kappa shape index (κ2) is 3.23. The van der Waals surface area contributed by atoms with Gasteiger partial charge in [-0.05, 0) is 49.6 Å². The zero-order valence-corrected chi connectivity index (χ0v) is 10.3. The first kappa shape index (κ1) is 10.5. The van der Waals surface area contributed by atoms with Crippen molar-refractivity contribution in [3.8, 4) is 0 Å². The summed E-state index contributed by atoms with van der Waals surface area (Å²) in [6, 6.07) is 0.972. The van der Waals surface area contributed by atoms with Gasteiger partial charge in [-0.25, -0.2) is 0 Å². The van der Waals surface area contributed by atoms with Gasteiger partial charge >= 0.3 is 0 Å². The summed E-state index contributed by atoms with van der Waals surface area (Å²) in [4.78, 5) is 2.72. The summed E-state index contributed by atoms with van der Waals surface area (Å²) >= 11 is 0. The van der Waals surface area contributed by atoms with E-state index in [-0.39, 0.29) is 0 Å². The van der Waals surface area contributed by atoms with Gasteiger partial charge in [0.25, 0.3) is 0 Å². The van der Waals surface area contributed by atoms with Crippen LogP contribution in [0.1, 0.15) is 53.4 Å². The lowest BCUT2D eigenvalue weighted by atomic mass is 9.63. The maximum atomic E-state index is 2.72. The second-order valence-corrected chi connectivity index (χ2v) is 6.58. The summed E-state index contributed by atoms with van der Waals surface area (Å²) in [6.07, 6.45) is 5.72. The number of hydrogen-bond acceptors (Lipinski definition) is 1. The van der Waals surface area contributed by atoms with E-state index in [1.165, 1.54) is 38.8 Å². The van der Waals surface area contributed by atoms with Crippen molar-refractivity contribution in [2.45, 2.75) is 59.4 Å². The van der Waals surface area contributed by atoms with Crippen molar-refractivity contribution in [2.24, 2.45) is 10.8 Å². The van der Waals surface area contributed by atoms with Crippen LogP contribution in [0, 0.1) is 10.8 Å². The van der Waals surface area contributed by atoms with Crippen LogP contribution in [-0.2, 0) is 0 Å². The van der Waals surface area contributed by atoms with Crippen molar-refractivity contribution >= 4 is 0 Å². The minimum atomic E-state index is 0.475. The summed E-state index contributed by atoms with van der Waals surface area (Å²) < 4.78 is 0. The molecule has 0 radical (unpaired) electrons. The molecule has 1 saturated heterocycles. The molecule has 2 fully saturated rings. The van der Waals surface area contributed by atoms with Crippen LogP contribution in [0.5, 0.6) is 0 Å². The maximum absolute atomic E-state index is 2.72. The highest BCUT2D eigenvalue weighted by atomic mass is 15.2. The molecule has 0 spiro atoms. The van der Waals surface area contributed by atoms with Crippen LogP contribution in [0.25, 0.3) is 0 Å². The molecule has 14 heavy (non-hydrogen) atoms. The standard InChI is InChI=1S/C13H25N/c1-12(2,3)13(4)7-9-14(10-8-13)11-5-6-11/h11H,5-10H2,1-4H3. The van der Waals surface area contributed by atoms with E-state index in [1.807, 2.05) is 0 Å². The third kappa shape index (κ3) is 1.84. The first-order valence-corrected chi connectivity index (χ1v) is 6.16. The molecule has 1 aliphatic heterocycles. The molecule has 0 N–H and O–H groups in total. The first-order valence-electron chi connectivity index (χ1n) is 6.16. The molecule has 0 aromatic heterocycles. The molecule has 82 valence electrons. The highest BCUT2D eigenvalue weighted by Gasteiger charge is 2.42. The van der Waals surface area contributed by atoms with Crippen LogP contribution >= 0.6 is 0 Å². The molecule has 1 saturated carbocycles. The summed E-state index contributed by atoms with van der Waals surface area (Å²) in [7, 11) is 0. The van der Waals surface area contributed by atoms with Gasteiger partial charge < -0.3 is 4.90 Å². The van der Waals surface area contributed by atoms with Crippen molar-refractivity contribution < 1.29 is 0 Å². The SMILES string of the molecule is CC(C)(C)C1(C)CCN(C2CC2)CC1. The van der Waals surface area contributed by atoms with E-state index in [4.69, 9.17) is 0 Å². The highest BCUT2D eigenvalue weighted by molar-refractivity contribution is 4.95. The third-order valence-corrected chi connectivity index (χ3v) is 4.78. The Bertz CT molecular complexity index is 202. The van der Waals surface area contributed by atoms with Crippen molar-refractivity contribution in [2.75, 3.05) is 13.1 Å². The normalized spacial score (nSPS) is 29.1. The molecule has 1 heterocycles. The quantitative estimate of drug-likeness (QED) is 0.620. The molecule has 1 aliphatic carbocycles. The fourth-order valence-corrected chi connectivity index (χ4v) is 2.57. The Hall–Kier alpha value is -0.0400. The van der Waals surface area contributed by atoms with Gasteiger partial charge in [0.15, 0.2) is 0 Å². The molecule has 0 aromatic carbocycles. The number of hydrogen-bond donors (Lipinski definition) is 0. The lowest BCUT2D eigenvalue weighted by Gasteiger charge is -2.48. The minimum absolute atomic E-state index is 0.475. The zero-order valence-electron chi connectivity index (χ0n) is 10.3. The Balaban J connectivity index is 1.93. The summed E-state index contributed by atoms with van der Waals surface area (Å²) in [5.74, 6) is 0. The van der Waals surface area contributed by atoms with Gasteiger partial charge in [-0.15, -0.1) is 0 Å². The van der Waals surface area contributed by atoms with E-state index < -0.39 is 0 Å². The molecule has 2 aliphatic rings. The molecule has 0 unspecified atom stereocenters. The lowest BCUT2D eigenvalue weighted by molar-refractivity contribution is 0.0196. The van der Waals surface area contributed by atoms with E-state index in [0.717, 1.165) is 6.04 Å². The number of piperidine rings is 1. The Morgan fingerprint density at radius 2 is 1.57 bits per heavy atom. The van der Waals surface area contributed by atoms with E-state index in [9.17, 15) is 0 Å². The van der Waals surface area contributed by atoms with E-state index >= 15 is 0 Å². The van der Waals surface area contributed by atoms with Gasteiger partial charge in [0.2, 0.25) is 0 Å². The highest BCUT2D eigenvalue weighted by Crippen LogP contribution is 2.47. The fraction of sp³-hybridized carbons (Fsp3) is 1.00. The molecule has 2 rings (SSSR count). The average molecular weight is 195 g/mol. The van der Waals surface area contributed by atoms with Crippen LogP contribution in [0.2, 0.25) is 0 Å². The lowest BCUT2D eigenvalue weighted by Crippen LogP contribution is -2.45. The number of nitrogens with zero attached hydrogens (tertiary/aromatic N) is 1. The van der Waals surface area contributed by atoms with Crippen LogP contribution < -0.4 is 0 Å². The third-order valence-electron chi connectivity index (χ3n) is 4.78. The molecule has 0 aromatic rings. The van der Waals surface area contributed by atoms with Crippen molar-refractivity contribution in [3.05, 3.63) is 0 Å². The Morgan fingerprint density at radius 1 is 1.07 bits per heavy atom. The monoisotopic (exact) mass is 195 g/mol. The predicted octanol–water partition coefficient (Wildman–Crippen LogP) is 3.30. The molecule has 0 bridgehead atoms. The summed E-state index contributed by atoms with van der Waals surface area (Å²) in [6.45, 7) is 12.4. The van der Waals surface area contributed by atoms with E-state index in [1.54, 1.807) is 0 Å². The number of rotatable bonds is 1. The Kier molecular flexibility index (Phi) is 2.42. The largest absolute Gasteiger partial charge is 0.300 e. The molecule has 1 heteroatoms. The van der Waals surface area contributed by atoms with Crippen molar-refractivity contribution in [1.29, 1.82) is 0 Å². The first-order chi connectivity index (χ1) is 6.42. The fourth-order valence-electron chi connectivity index (χ4n) is 2.57. The maximum Gasteiger partial charge on any atom is 0.00964 e. The smallest absolute Gasteiger partial charge is 0.00964 e. The summed E-state index contributed by atoms with van der Waals surface area (Å²) in [5.41, 5.74) is 1.04. The molecule has 1 nitrogen and oxygen atoms in total. The van der Waals surface area contributed by atoms with Gasteiger partial charge in [-0.3, -0.25) is 0 Å². The average Bonchev–Trinajstić information content (AvgIpc) is 2.86. The second-order valence-electron chi connectivity index (χ2n) is 6.58. The molecular weight excluding hydrogens is 170 g/mol. The van der Waals surface area contributed by atoms with E-state index in [0.29, 0.717) is 10.8 Å². The summed E-state index contributed by atoms with van der Waals surface area (Å²) in [5, 5.41) is 0. The van der Waals surface area contributed by atoms with E-state index in [2.05, 4.69) is 32.6 Å². The number of likely N-dealkylation sites (tertiary alicyclic amines) is 1. The van der Waals surface area contributed by atoms with Crippen LogP contribution in [0.4, 0.5) is 0 Å². The van der Waals surface area contributed by atoms with Gasteiger partial charge in [0.1, 0.15) is 0 Å². The predicted molar refractivity (Wildman–Crippen MR) is 61.4 cm³/mol. The van der Waals surface area contributed by atoms with Crippen LogP contribution in [-0.4, -0.2) is 24.0 Å². The zero-order chi connectivity index (χ0) is 10.4. The Labute approximate surface area is 88.9 Å². The van der Waals surface area contributed by atoms with Crippen molar-refractivity contribution in [1.82, 2.24) is 4.90 Å². The van der Waals surface area contributed by atoms with Gasteiger partial charge in [-0.2, -0.15) is 0 Å². The van der Waals surface area contributed by atoms with Crippen molar-refractivity contribution in [3.63, 3.8) is 0 Å². The van der Waals surface area contributed by atoms with Gasteiger partial charge in [-0.1, -0.05) is 27.7 Å². The van der Waals surface area contributed by atoms with Gasteiger partial charge in [0.05, 0.1) is 0 Å². The Morgan fingerprint density at radius 3 is 1.93 bits per heavy atom. The minimum Gasteiger partial charge on any atom is -0.300 e. The topological polar surface area (TPSA) is 3.24 Å². The molecular formula is C13H25N. The van der Waals surface area contributed by atoms with Crippen LogP contribution in [0.3, 0.4) is 0 Å².